The number of likely N-dealkylation sites (tertiary alicyclic amines) is 1. The van der Waals surface area contributed by atoms with Gasteiger partial charge in [0, 0.05) is 25.8 Å². The van der Waals surface area contributed by atoms with Gasteiger partial charge in [-0.25, -0.2) is 0 Å². The predicted octanol–water partition coefficient (Wildman–Crippen LogP) is 3.11. The highest BCUT2D eigenvalue weighted by Crippen LogP contribution is 2.16. The quantitative estimate of drug-likeness (QED) is 0.789. The van der Waals surface area contributed by atoms with Crippen LogP contribution in [0.2, 0.25) is 0 Å². The molecule has 1 unspecified atom stereocenters. The van der Waals surface area contributed by atoms with Gasteiger partial charge in [-0.2, -0.15) is 5.10 Å². The van der Waals surface area contributed by atoms with E-state index in [0.29, 0.717) is 18.3 Å². The van der Waals surface area contributed by atoms with Crippen molar-refractivity contribution in [2.45, 2.75) is 57.7 Å². The first-order valence-corrected chi connectivity index (χ1v) is 11.1. The molecule has 2 aliphatic rings. The van der Waals surface area contributed by atoms with Gasteiger partial charge in [-0.3, -0.25) is 14.4 Å². The monoisotopic (exact) mass is 395 g/mol. The smallest absolute Gasteiger partial charge is 0.272 e. The summed E-state index contributed by atoms with van der Waals surface area (Å²) < 4.78 is 1.93. The third kappa shape index (κ3) is 5.67. The standard InChI is InChI=1S/C23H33N5O/c29-23(22-11-15-28(26-22)21-6-5-12-24-17-21)25-16-19-7-9-20(10-8-19)18-27-13-3-1-2-4-14-27/h7-11,15,21,24H,1-6,12-14,16-18H2,(H,25,29). The summed E-state index contributed by atoms with van der Waals surface area (Å²) in [4.78, 5) is 15.0. The summed E-state index contributed by atoms with van der Waals surface area (Å²) in [6.45, 7) is 5.97. The van der Waals surface area contributed by atoms with Crippen molar-refractivity contribution in [3.8, 4) is 0 Å². The third-order valence-electron chi connectivity index (χ3n) is 6.07. The maximum Gasteiger partial charge on any atom is 0.272 e. The second kappa shape index (κ2) is 10.0. The van der Waals surface area contributed by atoms with E-state index in [9.17, 15) is 4.79 Å². The Morgan fingerprint density at radius 3 is 2.52 bits per heavy atom. The van der Waals surface area contributed by atoms with E-state index in [1.807, 2.05) is 16.9 Å². The van der Waals surface area contributed by atoms with Crippen molar-refractivity contribution < 1.29 is 4.79 Å². The predicted molar refractivity (Wildman–Crippen MR) is 115 cm³/mol. The highest BCUT2D eigenvalue weighted by atomic mass is 16.1. The van der Waals surface area contributed by atoms with Crippen LogP contribution in [0.3, 0.4) is 0 Å². The van der Waals surface area contributed by atoms with E-state index < -0.39 is 0 Å². The van der Waals surface area contributed by atoms with Crippen molar-refractivity contribution in [1.29, 1.82) is 0 Å². The van der Waals surface area contributed by atoms with Crippen LogP contribution in [0.25, 0.3) is 0 Å². The lowest BCUT2D eigenvalue weighted by atomic mass is 10.1. The first-order valence-electron chi connectivity index (χ1n) is 11.1. The normalized spacial score (nSPS) is 20.9. The molecule has 2 saturated heterocycles. The number of rotatable bonds is 6. The molecule has 6 heteroatoms. The van der Waals surface area contributed by atoms with Crippen molar-refractivity contribution in [3.63, 3.8) is 0 Å². The summed E-state index contributed by atoms with van der Waals surface area (Å²) in [5.74, 6) is -0.110. The Morgan fingerprint density at radius 2 is 1.79 bits per heavy atom. The van der Waals surface area contributed by atoms with Gasteiger partial charge in [-0.15, -0.1) is 0 Å². The number of nitrogens with one attached hydrogen (secondary N) is 2. The molecule has 29 heavy (non-hydrogen) atoms. The van der Waals surface area contributed by atoms with Crippen molar-refractivity contribution in [2.75, 3.05) is 26.2 Å². The van der Waals surface area contributed by atoms with Crippen LogP contribution in [0.5, 0.6) is 0 Å². The molecular weight excluding hydrogens is 362 g/mol. The largest absolute Gasteiger partial charge is 0.347 e. The summed E-state index contributed by atoms with van der Waals surface area (Å²) in [7, 11) is 0. The molecule has 156 valence electrons. The number of carbonyl (C=O) groups is 1. The molecule has 6 nitrogen and oxygen atoms in total. The lowest BCUT2D eigenvalue weighted by Crippen LogP contribution is -2.32. The number of hydrogen-bond donors (Lipinski definition) is 2. The number of aromatic nitrogens is 2. The van der Waals surface area contributed by atoms with Crippen molar-refractivity contribution in [2.24, 2.45) is 0 Å². The molecular formula is C23H33N5O. The van der Waals surface area contributed by atoms with Gasteiger partial charge in [0.15, 0.2) is 0 Å². The van der Waals surface area contributed by atoms with Crippen LogP contribution in [0.15, 0.2) is 36.5 Å². The van der Waals surface area contributed by atoms with Crippen molar-refractivity contribution in [1.82, 2.24) is 25.3 Å². The maximum atomic E-state index is 12.5. The molecule has 4 rings (SSSR count). The highest BCUT2D eigenvalue weighted by Gasteiger charge is 2.17. The Morgan fingerprint density at radius 1 is 1.03 bits per heavy atom. The van der Waals surface area contributed by atoms with E-state index >= 15 is 0 Å². The Balaban J connectivity index is 1.26. The molecule has 3 heterocycles. The summed E-state index contributed by atoms with van der Waals surface area (Å²) in [6, 6.07) is 10.8. The number of carbonyl (C=O) groups excluding carboxylic acids is 1. The molecule has 1 aromatic heterocycles. The minimum atomic E-state index is -0.110. The Kier molecular flexibility index (Phi) is 6.96. The third-order valence-corrected chi connectivity index (χ3v) is 6.07. The minimum Gasteiger partial charge on any atom is -0.347 e. The number of piperidine rings is 1. The summed E-state index contributed by atoms with van der Waals surface area (Å²) in [5, 5.41) is 10.9. The highest BCUT2D eigenvalue weighted by molar-refractivity contribution is 5.92. The van der Waals surface area contributed by atoms with Crippen molar-refractivity contribution in [3.05, 3.63) is 53.3 Å². The first kappa shape index (κ1) is 20.1. The molecule has 2 fully saturated rings. The Labute approximate surface area is 173 Å². The second-order valence-corrected chi connectivity index (χ2v) is 8.37. The SMILES string of the molecule is O=C(NCc1ccc(CN2CCCCCC2)cc1)c1ccn(C2CCCNC2)n1. The first-order chi connectivity index (χ1) is 14.3. The van der Waals surface area contributed by atoms with Gasteiger partial charge in [0.1, 0.15) is 5.69 Å². The average molecular weight is 396 g/mol. The Hall–Kier alpha value is -2.18. The van der Waals surface area contributed by atoms with Crippen LogP contribution in [-0.2, 0) is 13.1 Å². The van der Waals surface area contributed by atoms with E-state index in [1.54, 1.807) is 0 Å². The molecule has 2 aromatic rings. The van der Waals surface area contributed by atoms with Gasteiger partial charge in [0.05, 0.1) is 6.04 Å². The molecule has 0 radical (unpaired) electrons. The van der Waals surface area contributed by atoms with Crippen LogP contribution in [0, 0.1) is 0 Å². The zero-order valence-electron chi connectivity index (χ0n) is 17.3. The van der Waals surface area contributed by atoms with Crippen molar-refractivity contribution >= 4 is 5.91 Å². The van der Waals surface area contributed by atoms with E-state index in [2.05, 4.69) is 44.9 Å². The summed E-state index contributed by atoms with van der Waals surface area (Å²) in [6.07, 6.45) is 9.55. The molecule has 0 bridgehead atoms. The lowest BCUT2D eigenvalue weighted by molar-refractivity contribution is 0.0944. The Bertz CT molecular complexity index is 771. The number of benzene rings is 1. The van der Waals surface area contributed by atoms with Crippen LogP contribution in [0.4, 0.5) is 0 Å². The van der Waals surface area contributed by atoms with E-state index in [0.717, 1.165) is 38.0 Å². The number of nitrogens with zero attached hydrogens (tertiary/aromatic N) is 3. The number of amides is 1. The molecule has 1 atom stereocenters. The van der Waals surface area contributed by atoms with Crippen LogP contribution >= 0.6 is 0 Å². The van der Waals surface area contributed by atoms with Gasteiger partial charge < -0.3 is 10.6 Å². The topological polar surface area (TPSA) is 62.2 Å². The fourth-order valence-electron chi connectivity index (χ4n) is 4.31. The molecule has 0 saturated carbocycles. The van der Waals surface area contributed by atoms with E-state index in [-0.39, 0.29) is 5.91 Å². The molecule has 2 N–H and O–H groups in total. The minimum absolute atomic E-state index is 0.110. The van der Waals surface area contributed by atoms with Gasteiger partial charge >= 0.3 is 0 Å². The second-order valence-electron chi connectivity index (χ2n) is 8.37. The maximum absolute atomic E-state index is 12.5. The number of hydrogen-bond acceptors (Lipinski definition) is 4. The zero-order chi connectivity index (χ0) is 19.9. The van der Waals surface area contributed by atoms with Crippen LogP contribution in [-0.4, -0.2) is 46.8 Å². The van der Waals surface area contributed by atoms with Crippen LogP contribution < -0.4 is 10.6 Å². The molecule has 1 aromatic carbocycles. The van der Waals surface area contributed by atoms with Gasteiger partial charge in [0.25, 0.3) is 5.91 Å². The fraction of sp³-hybridized carbons (Fsp3) is 0.565. The van der Waals surface area contributed by atoms with Gasteiger partial charge in [-0.05, 0) is 62.5 Å². The lowest BCUT2D eigenvalue weighted by Gasteiger charge is -2.22. The summed E-state index contributed by atoms with van der Waals surface area (Å²) >= 11 is 0. The van der Waals surface area contributed by atoms with E-state index in [1.165, 1.54) is 44.3 Å². The molecule has 0 aliphatic carbocycles. The fourth-order valence-corrected chi connectivity index (χ4v) is 4.31. The molecule has 2 aliphatic heterocycles. The van der Waals surface area contributed by atoms with Crippen LogP contribution in [0.1, 0.15) is 66.2 Å². The average Bonchev–Trinajstić information content (AvgIpc) is 3.13. The van der Waals surface area contributed by atoms with Gasteiger partial charge in [0.2, 0.25) is 0 Å². The molecule has 1 amide bonds. The molecule has 0 spiro atoms. The van der Waals surface area contributed by atoms with Gasteiger partial charge in [-0.1, -0.05) is 37.1 Å². The summed E-state index contributed by atoms with van der Waals surface area (Å²) in [5.41, 5.74) is 2.96. The zero-order valence-corrected chi connectivity index (χ0v) is 17.3. The van der Waals surface area contributed by atoms with E-state index in [4.69, 9.17) is 0 Å².